The standard InChI is InChI=1S/C19H15F6N3O2/c1-10(15-5-3-12(7-26-15)30-9-18(20,21)22)28-17(29)14-8-27-16-6-11(19(23,24)25)2-4-13(14)16/h2-8,10,27H,9H2,1H3,(H,28,29)/t10-/m1/s1. The van der Waals surface area contributed by atoms with Gasteiger partial charge in [-0.1, -0.05) is 6.07 Å². The van der Waals surface area contributed by atoms with Crippen molar-refractivity contribution in [1.82, 2.24) is 15.3 Å². The molecule has 0 bridgehead atoms. The smallest absolute Gasteiger partial charge is 0.422 e. The van der Waals surface area contributed by atoms with Crippen LogP contribution in [0, 0.1) is 0 Å². The van der Waals surface area contributed by atoms with Crippen molar-refractivity contribution in [1.29, 1.82) is 0 Å². The monoisotopic (exact) mass is 431 g/mol. The van der Waals surface area contributed by atoms with Gasteiger partial charge in [0, 0.05) is 17.1 Å². The zero-order valence-electron chi connectivity index (χ0n) is 15.4. The zero-order valence-corrected chi connectivity index (χ0v) is 15.4. The fourth-order valence-electron chi connectivity index (χ4n) is 2.74. The molecule has 160 valence electrons. The van der Waals surface area contributed by atoms with E-state index in [0.717, 1.165) is 18.3 Å². The molecule has 11 heteroatoms. The maximum atomic E-state index is 12.8. The van der Waals surface area contributed by atoms with E-state index in [1.165, 1.54) is 24.4 Å². The Labute approximate surface area is 166 Å². The third-order valence-electron chi connectivity index (χ3n) is 4.21. The molecular formula is C19H15F6N3O2. The predicted molar refractivity (Wildman–Crippen MR) is 95.0 cm³/mol. The molecule has 0 saturated carbocycles. The van der Waals surface area contributed by atoms with Gasteiger partial charge in [0.1, 0.15) is 5.75 Å². The summed E-state index contributed by atoms with van der Waals surface area (Å²) in [6.45, 7) is 0.157. The van der Waals surface area contributed by atoms with Crippen LogP contribution >= 0.6 is 0 Å². The second-order valence-corrected chi connectivity index (χ2v) is 6.48. The Balaban J connectivity index is 1.70. The van der Waals surface area contributed by atoms with Crippen molar-refractivity contribution in [2.24, 2.45) is 0 Å². The predicted octanol–water partition coefficient (Wildman–Crippen LogP) is 5.01. The number of H-pyrrole nitrogens is 1. The Bertz CT molecular complexity index is 1040. The Morgan fingerprint density at radius 1 is 1.17 bits per heavy atom. The van der Waals surface area contributed by atoms with E-state index >= 15 is 0 Å². The minimum atomic E-state index is -4.50. The molecule has 0 radical (unpaired) electrons. The number of pyridine rings is 1. The number of aromatic nitrogens is 2. The summed E-state index contributed by atoms with van der Waals surface area (Å²) in [5, 5.41) is 2.96. The molecule has 2 heterocycles. The van der Waals surface area contributed by atoms with Crippen molar-refractivity contribution in [2.75, 3.05) is 6.61 Å². The van der Waals surface area contributed by atoms with Crippen LogP contribution in [0.15, 0.2) is 42.7 Å². The molecule has 1 amide bonds. The lowest BCUT2D eigenvalue weighted by Crippen LogP contribution is -2.27. The van der Waals surface area contributed by atoms with E-state index in [1.807, 2.05) is 0 Å². The molecule has 0 unspecified atom stereocenters. The van der Waals surface area contributed by atoms with Crippen molar-refractivity contribution in [3.63, 3.8) is 0 Å². The lowest BCUT2D eigenvalue weighted by molar-refractivity contribution is -0.153. The number of halogens is 6. The van der Waals surface area contributed by atoms with Crippen LogP contribution in [0.25, 0.3) is 10.9 Å². The van der Waals surface area contributed by atoms with Crippen molar-refractivity contribution in [2.45, 2.75) is 25.3 Å². The fraction of sp³-hybridized carbons (Fsp3) is 0.263. The van der Waals surface area contributed by atoms with Gasteiger partial charge in [0.2, 0.25) is 0 Å². The van der Waals surface area contributed by atoms with Crippen LogP contribution in [0.3, 0.4) is 0 Å². The Morgan fingerprint density at radius 2 is 1.90 bits per heavy atom. The zero-order chi connectivity index (χ0) is 22.1. The molecule has 2 aromatic heterocycles. The van der Waals surface area contributed by atoms with Gasteiger partial charge < -0.3 is 15.0 Å². The van der Waals surface area contributed by atoms with Crippen molar-refractivity contribution < 1.29 is 35.9 Å². The first-order valence-corrected chi connectivity index (χ1v) is 8.59. The van der Waals surface area contributed by atoms with Crippen molar-refractivity contribution in [3.8, 4) is 5.75 Å². The number of nitrogens with zero attached hydrogens (tertiary/aromatic N) is 1. The molecule has 2 N–H and O–H groups in total. The van der Waals surface area contributed by atoms with Crippen LogP contribution in [-0.2, 0) is 6.18 Å². The Kier molecular flexibility index (Phi) is 5.64. The minimum absolute atomic E-state index is 0.0771. The van der Waals surface area contributed by atoms with Gasteiger partial charge in [0.15, 0.2) is 6.61 Å². The molecular weight excluding hydrogens is 416 g/mol. The van der Waals surface area contributed by atoms with E-state index in [1.54, 1.807) is 6.92 Å². The average Bonchev–Trinajstić information content (AvgIpc) is 3.09. The van der Waals surface area contributed by atoms with Gasteiger partial charge >= 0.3 is 12.4 Å². The number of carbonyl (C=O) groups is 1. The second kappa shape index (κ2) is 7.88. The van der Waals surface area contributed by atoms with Crippen molar-refractivity contribution in [3.05, 3.63) is 59.5 Å². The average molecular weight is 431 g/mol. The number of fused-ring (bicyclic) bond motifs is 1. The summed E-state index contributed by atoms with van der Waals surface area (Å²) in [6, 6.07) is 5.09. The van der Waals surface area contributed by atoms with Crippen LogP contribution in [0.2, 0.25) is 0 Å². The Hall–Kier alpha value is -3.24. The molecule has 1 atom stereocenters. The summed E-state index contributed by atoms with van der Waals surface area (Å²) in [4.78, 5) is 19.2. The van der Waals surface area contributed by atoms with E-state index in [2.05, 4.69) is 20.0 Å². The molecule has 0 fully saturated rings. The molecule has 5 nitrogen and oxygen atoms in total. The lowest BCUT2D eigenvalue weighted by atomic mass is 10.1. The van der Waals surface area contributed by atoms with E-state index < -0.39 is 36.5 Å². The van der Waals surface area contributed by atoms with Crippen LogP contribution in [0.5, 0.6) is 5.75 Å². The maximum Gasteiger partial charge on any atom is 0.422 e. The number of rotatable bonds is 5. The highest BCUT2D eigenvalue weighted by atomic mass is 19.4. The number of carbonyl (C=O) groups excluding carboxylic acids is 1. The molecule has 3 aromatic rings. The van der Waals surface area contributed by atoms with E-state index in [9.17, 15) is 31.1 Å². The van der Waals surface area contributed by atoms with E-state index in [-0.39, 0.29) is 16.8 Å². The summed E-state index contributed by atoms with van der Waals surface area (Å²) in [6.07, 6.45) is -6.57. The topological polar surface area (TPSA) is 67.0 Å². The summed E-state index contributed by atoms with van der Waals surface area (Å²) in [5.41, 5.74) is -0.168. The SMILES string of the molecule is C[C@@H](NC(=O)c1c[nH]c2cc(C(F)(F)F)ccc12)c1ccc(OCC(F)(F)F)cn1. The van der Waals surface area contributed by atoms with Gasteiger partial charge in [-0.15, -0.1) is 0 Å². The Morgan fingerprint density at radius 3 is 2.50 bits per heavy atom. The number of ether oxygens (including phenoxy) is 1. The third kappa shape index (κ3) is 5.02. The second-order valence-electron chi connectivity index (χ2n) is 6.48. The lowest BCUT2D eigenvalue weighted by Gasteiger charge is -2.14. The molecule has 3 rings (SSSR count). The molecule has 1 aromatic carbocycles. The number of alkyl halides is 6. The fourth-order valence-corrected chi connectivity index (χ4v) is 2.74. The summed E-state index contributed by atoms with van der Waals surface area (Å²) in [5.74, 6) is -0.626. The van der Waals surface area contributed by atoms with E-state index in [4.69, 9.17) is 0 Å². The van der Waals surface area contributed by atoms with Gasteiger partial charge in [-0.25, -0.2) is 0 Å². The number of aromatic amines is 1. The van der Waals surface area contributed by atoms with Gasteiger partial charge in [0.25, 0.3) is 5.91 Å². The van der Waals surface area contributed by atoms with Gasteiger partial charge in [-0.05, 0) is 31.2 Å². The highest BCUT2D eigenvalue weighted by Gasteiger charge is 2.31. The number of nitrogens with one attached hydrogen (secondary N) is 2. The van der Waals surface area contributed by atoms with Crippen LogP contribution < -0.4 is 10.1 Å². The number of benzene rings is 1. The highest BCUT2D eigenvalue weighted by Crippen LogP contribution is 2.32. The molecule has 0 spiro atoms. The summed E-state index contributed by atoms with van der Waals surface area (Å²) < 4.78 is 79.5. The minimum Gasteiger partial charge on any atom is -0.483 e. The quantitative estimate of drug-likeness (QED) is 0.558. The first kappa shape index (κ1) is 21.5. The van der Waals surface area contributed by atoms with E-state index in [0.29, 0.717) is 11.1 Å². The number of amides is 1. The van der Waals surface area contributed by atoms with Gasteiger partial charge in [-0.3, -0.25) is 9.78 Å². The van der Waals surface area contributed by atoms with Crippen LogP contribution in [-0.4, -0.2) is 28.7 Å². The first-order valence-electron chi connectivity index (χ1n) is 8.59. The third-order valence-corrected chi connectivity index (χ3v) is 4.21. The summed E-state index contributed by atoms with van der Waals surface area (Å²) >= 11 is 0. The molecule has 30 heavy (non-hydrogen) atoms. The largest absolute Gasteiger partial charge is 0.483 e. The maximum absolute atomic E-state index is 12.8. The number of hydrogen-bond donors (Lipinski definition) is 2. The molecule has 0 saturated heterocycles. The van der Waals surface area contributed by atoms with Gasteiger partial charge in [-0.2, -0.15) is 26.3 Å². The molecule has 0 aliphatic carbocycles. The first-order chi connectivity index (χ1) is 13.9. The van der Waals surface area contributed by atoms with Gasteiger partial charge in [0.05, 0.1) is 29.1 Å². The van der Waals surface area contributed by atoms with Crippen LogP contribution in [0.4, 0.5) is 26.3 Å². The summed E-state index contributed by atoms with van der Waals surface area (Å²) in [7, 11) is 0. The highest BCUT2D eigenvalue weighted by molar-refractivity contribution is 6.06. The van der Waals surface area contributed by atoms with Crippen molar-refractivity contribution >= 4 is 16.8 Å². The van der Waals surface area contributed by atoms with Crippen LogP contribution in [0.1, 0.15) is 34.6 Å². The normalized spacial score (nSPS) is 13.3. The number of hydrogen-bond acceptors (Lipinski definition) is 3. The molecule has 0 aliphatic rings. The molecule has 0 aliphatic heterocycles.